The fraction of sp³-hybridized carbons (Fsp3) is 0.185. The zero-order valence-corrected chi connectivity index (χ0v) is 19.7. The molecule has 2 amide bonds. The van der Waals surface area contributed by atoms with Crippen molar-refractivity contribution >= 4 is 41.0 Å². The summed E-state index contributed by atoms with van der Waals surface area (Å²) in [5, 5.41) is 2.95. The lowest BCUT2D eigenvalue weighted by Crippen LogP contribution is -2.48. The van der Waals surface area contributed by atoms with Gasteiger partial charge in [-0.3, -0.25) is 9.59 Å². The van der Waals surface area contributed by atoms with Crippen LogP contribution in [0.25, 0.3) is 6.08 Å². The Kier molecular flexibility index (Phi) is 6.27. The van der Waals surface area contributed by atoms with E-state index in [2.05, 4.69) is 22.3 Å². The number of thioether (sulfide) groups is 1. The normalized spacial score (nSPS) is 16.7. The second kappa shape index (κ2) is 9.65. The van der Waals surface area contributed by atoms with Gasteiger partial charge in [-0.1, -0.05) is 42.1 Å². The van der Waals surface area contributed by atoms with Crippen molar-refractivity contribution in [2.24, 2.45) is 0 Å². The van der Waals surface area contributed by atoms with E-state index in [4.69, 9.17) is 4.74 Å². The Hall–Kier alpha value is -3.71. The van der Waals surface area contributed by atoms with Gasteiger partial charge in [-0.05, 0) is 54.1 Å². The van der Waals surface area contributed by atoms with E-state index in [0.29, 0.717) is 29.2 Å². The maximum Gasteiger partial charge on any atom is 0.262 e. The number of nitrogens with one attached hydrogen (secondary N) is 1. The minimum atomic E-state index is -0.179. The molecule has 1 saturated heterocycles. The summed E-state index contributed by atoms with van der Waals surface area (Å²) in [5.74, 6) is 0.553. The molecule has 172 valence electrons. The van der Waals surface area contributed by atoms with Crippen LogP contribution in [-0.4, -0.2) is 50.0 Å². The number of para-hydroxylation sites is 1. The SMILES string of the molecule is COc1cccc(C=C2Sc3ccc(C(=O)N4CCN(c5ccccc5)CC4)cc3NC2=O)c1. The van der Waals surface area contributed by atoms with Gasteiger partial charge in [-0.15, -0.1) is 0 Å². The zero-order valence-electron chi connectivity index (χ0n) is 18.9. The smallest absolute Gasteiger partial charge is 0.262 e. The van der Waals surface area contributed by atoms with E-state index in [1.54, 1.807) is 13.2 Å². The van der Waals surface area contributed by atoms with Crippen molar-refractivity contribution in [3.8, 4) is 5.75 Å². The monoisotopic (exact) mass is 471 g/mol. The van der Waals surface area contributed by atoms with E-state index >= 15 is 0 Å². The molecular formula is C27H25N3O3S. The molecule has 0 unspecified atom stereocenters. The average molecular weight is 472 g/mol. The number of methoxy groups -OCH3 is 1. The highest BCUT2D eigenvalue weighted by Crippen LogP contribution is 2.39. The molecule has 0 atom stereocenters. The first kappa shape index (κ1) is 22.1. The summed E-state index contributed by atoms with van der Waals surface area (Å²) >= 11 is 1.40. The molecule has 3 aromatic carbocycles. The molecule has 1 N–H and O–H groups in total. The van der Waals surface area contributed by atoms with Crippen LogP contribution >= 0.6 is 11.8 Å². The molecule has 0 aromatic heterocycles. The molecule has 0 saturated carbocycles. The van der Waals surface area contributed by atoms with Gasteiger partial charge >= 0.3 is 0 Å². The first-order valence-corrected chi connectivity index (χ1v) is 12.0. The van der Waals surface area contributed by atoms with Crippen molar-refractivity contribution in [1.82, 2.24) is 4.90 Å². The number of amides is 2. The second-order valence-corrected chi connectivity index (χ2v) is 9.25. The van der Waals surface area contributed by atoms with Crippen molar-refractivity contribution in [3.05, 3.63) is 88.8 Å². The van der Waals surface area contributed by atoms with Crippen LogP contribution in [0.2, 0.25) is 0 Å². The Morgan fingerprint density at radius 1 is 0.971 bits per heavy atom. The predicted octanol–water partition coefficient (Wildman–Crippen LogP) is 4.74. The van der Waals surface area contributed by atoms with Gasteiger partial charge in [0.2, 0.25) is 0 Å². The number of hydrogen-bond acceptors (Lipinski definition) is 5. The lowest BCUT2D eigenvalue weighted by molar-refractivity contribution is -0.112. The van der Waals surface area contributed by atoms with E-state index in [-0.39, 0.29) is 11.8 Å². The minimum absolute atomic E-state index is 0.00696. The highest BCUT2D eigenvalue weighted by Gasteiger charge is 2.25. The zero-order chi connectivity index (χ0) is 23.5. The maximum absolute atomic E-state index is 13.1. The van der Waals surface area contributed by atoms with Crippen LogP contribution in [0.3, 0.4) is 0 Å². The van der Waals surface area contributed by atoms with Gasteiger partial charge in [-0.2, -0.15) is 0 Å². The van der Waals surface area contributed by atoms with E-state index in [0.717, 1.165) is 29.3 Å². The number of anilines is 2. The Morgan fingerprint density at radius 2 is 1.76 bits per heavy atom. The van der Waals surface area contributed by atoms with Crippen molar-refractivity contribution < 1.29 is 14.3 Å². The fourth-order valence-electron chi connectivity index (χ4n) is 4.17. The quantitative estimate of drug-likeness (QED) is 0.557. The number of carbonyl (C=O) groups is 2. The molecule has 0 spiro atoms. The Bertz CT molecular complexity index is 1250. The summed E-state index contributed by atoms with van der Waals surface area (Å²) in [6.45, 7) is 2.93. The number of ether oxygens (including phenoxy) is 1. The van der Waals surface area contributed by atoms with Crippen LogP contribution in [0.15, 0.2) is 82.6 Å². The fourth-order valence-corrected chi connectivity index (χ4v) is 5.10. The van der Waals surface area contributed by atoms with Crippen molar-refractivity contribution in [3.63, 3.8) is 0 Å². The highest BCUT2D eigenvalue weighted by molar-refractivity contribution is 8.04. The molecule has 3 aromatic rings. The number of rotatable bonds is 4. The molecule has 2 aliphatic rings. The Labute approximate surface area is 203 Å². The highest BCUT2D eigenvalue weighted by atomic mass is 32.2. The van der Waals surface area contributed by atoms with Crippen LogP contribution in [0.5, 0.6) is 5.75 Å². The third-order valence-corrected chi connectivity index (χ3v) is 7.10. The van der Waals surface area contributed by atoms with Gasteiger partial charge in [0.25, 0.3) is 11.8 Å². The van der Waals surface area contributed by atoms with Crippen LogP contribution < -0.4 is 15.0 Å². The largest absolute Gasteiger partial charge is 0.497 e. The number of nitrogens with zero attached hydrogens (tertiary/aromatic N) is 2. The number of benzene rings is 3. The van der Waals surface area contributed by atoms with E-state index < -0.39 is 0 Å². The van der Waals surface area contributed by atoms with Crippen molar-refractivity contribution in [2.75, 3.05) is 43.5 Å². The molecule has 0 bridgehead atoms. The summed E-state index contributed by atoms with van der Waals surface area (Å²) in [4.78, 5) is 31.6. The molecular weight excluding hydrogens is 446 g/mol. The van der Waals surface area contributed by atoms with Gasteiger partial charge in [-0.25, -0.2) is 0 Å². The molecule has 0 radical (unpaired) electrons. The summed E-state index contributed by atoms with van der Waals surface area (Å²) in [7, 11) is 1.62. The number of piperazine rings is 1. The molecule has 0 aliphatic carbocycles. The molecule has 5 rings (SSSR count). The van der Waals surface area contributed by atoms with Gasteiger partial charge in [0, 0.05) is 42.3 Å². The third-order valence-electron chi connectivity index (χ3n) is 6.00. The summed E-state index contributed by atoms with van der Waals surface area (Å²) < 4.78 is 5.27. The van der Waals surface area contributed by atoms with Gasteiger partial charge < -0.3 is 19.9 Å². The molecule has 7 heteroatoms. The summed E-state index contributed by atoms with van der Waals surface area (Å²) in [6.07, 6.45) is 1.84. The average Bonchev–Trinajstić information content (AvgIpc) is 2.89. The van der Waals surface area contributed by atoms with Gasteiger partial charge in [0.15, 0.2) is 0 Å². The molecule has 1 fully saturated rings. The lowest BCUT2D eigenvalue weighted by Gasteiger charge is -2.36. The Balaban J connectivity index is 1.28. The molecule has 34 heavy (non-hydrogen) atoms. The summed E-state index contributed by atoms with van der Waals surface area (Å²) in [5.41, 5.74) is 3.34. The number of fused-ring (bicyclic) bond motifs is 1. The molecule has 6 nitrogen and oxygen atoms in total. The second-order valence-electron chi connectivity index (χ2n) is 8.17. The lowest BCUT2D eigenvalue weighted by atomic mass is 10.1. The topological polar surface area (TPSA) is 61.9 Å². The minimum Gasteiger partial charge on any atom is -0.497 e. The van der Waals surface area contributed by atoms with Crippen molar-refractivity contribution in [1.29, 1.82) is 0 Å². The predicted molar refractivity (Wildman–Crippen MR) is 136 cm³/mol. The van der Waals surface area contributed by atoms with Crippen molar-refractivity contribution in [2.45, 2.75) is 4.90 Å². The van der Waals surface area contributed by atoms with Gasteiger partial charge in [0.05, 0.1) is 17.7 Å². The van der Waals surface area contributed by atoms with E-state index in [1.165, 1.54) is 17.4 Å². The van der Waals surface area contributed by atoms with Crippen LogP contribution in [0.4, 0.5) is 11.4 Å². The van der Waals surface area contributed by atoms with Crippen LogP contribution in [0, 0.1) is 0 Å². The standard InChI is InChI=1S/C27H25N3O3S/c1-33-22-9-5-6-19(16-22)17-25-26(31)28-23-18-20(10-11-24(23)34-25)27(32)30-14-12-29(13-15-30)21-7-3-2-4-8-21/h2-11,16-18H,12-15H2,1H3,(H,28,31). The molecule has 2 aliphatic heterocycles. The van der Waals surface area contributed by atoms with Crippen LogP contribution in [0.1, 0.15) is 15.9 Å². The van der Waals surface area contributed by atoms with E-state index in [9.17, 15) is 9.59 Å². The Morgan fingerprint density at radius 3 is 2.53 bits per heavy atom. The van der Waals surface area contributed by atoms with E-state index in [1.807, 2.05) is 65.6 Å². The van der Waals surface area contributed by atoms with Gasteiger partial charge in [0.1, 0.15) is 5.75 Å². The third kappa shape index (κ3) is 4.65. The molecule has 2 heterocycles. The maximum atomic E-state index is 13.1. The summed E-state index contributed by atoms with van der Waals surface area (Å²) in [6, 6.07) is 23.4. The number of hydrogen-bond donors (Lipinski definition) is 1. The first-order valence-electron chi connectivity index (χ1n) is 11.2. The first-order chi connectivity index (χ1) is 16.6. The number of carbonyl (C=O) groups excluding carboxylic acids is 2. The van der Waals surface area contributed by atoms with Crippen LogP contribution in [-0.2, 0) is 4.79 Å².